The van der Waals surface area contributed by atoms with E-state index in [9.17, 15) is 9.18 Å². The van der Waals surface area contributed by atoms with E-state index in [2.05, 4.69) is 9.88 Å². The van der Waals surface area contributed by atoms with Crippen LogP contribution in [-0.2, 0) is 16.9 Å². The fourth-order valence-electron chi connectivity index (χ4n) is 4.24. The van der Waals surface area contributed by atoms with E-state index >= 15 is 0 Å². The van der Waals surface area contributed by atoms with E-state index in [1.54, 1.807) is 30.9 Å². The summed E-state index contributed by atoms with van der Waals surface area (Å²) in [4.78, 5) is 19.9. The van der Waals surface area contributed by atoms with Gasteiger partial charge in [0.25, 0.3) is 0 Å². The van der Waals surface area contributed by atoms with Crippen molar-refractivity contribution in [2.75, 3.05) is 11.9 Å². The number of rotatable bonds is 4. The summed E-state index contributed by atoms with van der Waals surface area (Å²) >= 11 is 6.21. The summed E-state index contributed by atoms with van der Waals surface area (Å²) in [5, 5.41) is 4.18. The third-order valence-corrected chi connectivity index (χ3v) is 6.50. The van der Waals surface area contributed by atoms with Gasteiger partial charge in [-0.2, -0.15) is 0 Å². The second kappa shape index (κ2) is 8.15. The van der Waals surface area contributed by atoms with Crippen LogP contribution >= 0.6 is 11.6 Å². The highest BCUT2D eigenvalue weighted by molar-refractivity contribution is 6.31. The molecule has 2 heterocycles. The molecule has 4 rings (SSSR count). The van der Waals surface area contributed by atoms with Gasteiger partial charge in [-0.25, -0.2) is 9.37 Å². The number of aryl methyl sites for hydroxylation is 1. The van der Waals surface area contributed by atoms with Crippen LogP contribution in [0.3, 0.4) is 0 Å². The lowest BCUT2D eigenvalue weighted by Gasteiger charge is -2.44. The first-order valence-electron chi connectivity index (χ1n) is 10.9. The molecule has 8 heteroatoms. The van der Waals surface area contributed by atoms with E-state index in [4.69, 9.17) is 22.3 Å². The van der Waals surface area contributed by atoms with Crippen LogP contribution in [-0.4, -0.2) is 32.4 Å². The third kappa shape index (κ3) is 4.23. The molecule has 0 radical (unpaired) electrons. The largest absolute Gasteiger partial charge is 0.340 e. The summed E-state index contributed by atoms with van der Waals surface area (Å²) in [6, 6.07) is 12.0. The average molecular weight is 470 g/mol. The Hall–Kier alpha value is -2.90. The topological polar surface area (TPSA) is 76.2 Å². The zero-order valence-electron chi connectivity index (χ0n) is 19.5. The van der Waals surface area contributed by atoms with Crippen molar-refractivity contribution in [2.24, 2.45) is 5.73 Å². The molecule has 3 aromatic rings. The van der Waals surface area contributed by atoms with E-state index in [1.165, 1.54) is 12.1 Å². The summed E-state index contributed by atoms with van der Waals surface area (Å²) in [6.07, 6.45) is 0. The zero-order chi connectivity index (χ0) is 24.1. The minimum absolute atomic E-state index is 0.132. The summed E-state index contributed by atoms with van der Waals surface area (Å²) in [7, 11) is 0. The summed E-state index contributed by atoms with van der Waals surface area (Å²) in [6.45, 7) is 10.4. The SMILES string of the molecule is Cc1cc(Nc2c(-c3ccc(F)cc3)nc3n2CCN(C(=O)C(C)(C)N)C3(C)C)ccc1Cl. The number of amides is 1. The molecule has 3 N–H and O–H groups in total. The molecule has 0 fully saturated rings. The van der Waals surface area contributed by atoms with Crippen LogP contribution < -0.4 is 11.1 Å². The Morgan fingerprint density at radius 3 is 2.45 bits per heavy atom. The molecule has 0 bridgehead atoms. The highest BCUT2D eigenvalue weighted by Gasteiger charge is 2.44. The highest BCUT2D eigenvalue weighted by atomic mass is 35.5. The van der Waals surface area contributed by atoms with Gasteiger partial charge in [0, 0.05) is 29.4 Å². The number of hydrogen-bond donors (Lipinski definition) is 2. The maximum Gasteiger partial charge on any atom is 0.242 e. The van der Waals surface area contributed by atoms with Gasteiger partial charge >= 0.3 is 0 Å². The predicted molar refractivity (Wildman–Crippen MR) is 130 cm³/mol. The molecule has 1 amide bonds. The van der Waals surface area contributed by atoms with Gasteiger partial charge in [-0.1, -0.05) is 11.6 Å². The fraction of sp³-hybridized carbons (Fsp3) is 0.360. The molecule has 0 aliphatic carbocycles. The normalized spacial score (nSPS) is 15.3. The van der Waals surface area contributed by atoms with E-state index in [0.29, 0.717) is 23.8 Å². The highest BCUT2D eigenvalue weighted by Crippen LogP contribution is 2.40. The minimum atomic E-state index is -0.992. The first-order chi connectivity index (χ1) is 15.4. The van der Waals surface area contributed by atoms with Crippen LogP contribution in [0.1, 0.15) is 39.1 Å². The second-order valence-electron chi connectivity index (χ2n) is 9.62. The van der Waals surface area contributed by atoms with Crippen molar-refractivity contribution in [3.05, 3.63) is 64.7 Å². The Balaban J connectivity index is 1.86. The Bertz CT molecular complexity index is 1210. The molecule has 0 spiro atoms. The molecule has 1 aliphatic rings. The number of anilines is 2. The Labute approximate surface area is 198 Å². The molecule has 2 aromatic carbocycles. The lowest BCUT2D eigenvalue weighted by molar-refractivity contribution is -0.143. The Kier molecular flexibility index (Phi) is 5.75. The van der Waals surface area contributed by atoms with Crippen LogP contribution in [0, 0.1) is 12.7 Å². The first kappa shape index (κ1) is 23.3. The number of nitrogens with two attached hydrogens (primary N) is 1. The number of aromatic nitrogens is 2. The molecule has 0 saturated carbocycles. The fourth-order valence-corrected chi connectivity index (χ4v) is 4.35. The van der Waals surface area contributed by atoms with Gasteiger partial charge in [0.1, 0.15) is 23.2 Å². The van der Waals surface area contributed by atoms with Crippen LogP contribution in [0.5, 0.6) is 0 Å². The van der Waals surface area contributed by atoms with Gasteiger partial charge in [-0.15, -0.1) is 0 Å². The van der Waals surface area contributed by atoms with Crippen molar-refractivity contribution >= 4 is 29.0 Å². The number of halogens is 2. The molecule has 174 valence electrons. The summed E-state index contributed by atoms with van der Waals surface area (Å²) in [5.74, 6) is 1.07. The van der Waals surface area contributed by atoms with Crippen molar-refractivity contribution in [1.29, 1.82) is 0 Å². The summed E-state index contributed by atoms with van der Waals surface area (Å²) in [5.41, 5.74) is 7.73. The van der Waals surface area contributed by atoms with Crippen LogP contribution in [0.4, 0.5) is 15.9 Å². The van der Waals surface area contributed by atoms with Crippen molar-refractivity contribution in [3.8, 4) is 11.3 Å². The van der Waals surface area contributed by atoms with Gasteiger partial charge in [0.2, 0.25) is 5.91 Å². The van der Waals surface area contributed by atoms with E-state index in [0.717, 1.165) is 28.5 Å². The van der Waals surface area contributed by atoms with Crippen LogP contribution in [0.2, 0.25) is 5.02 Å². The quantitative estimate of drug-likeness (QED) is 0.550. The number of benzene rings is 2. The number of imidazole rings is 1. The Morgan fingerprint density at radius 2 is 1.85 bits per heavy atom. The minimum Gasteiger partial charge on any atom is -0.340 e. The van der Waals surface area contributed by atoms with Crippen molar-refractivity contribution in [1.82, 2.24) is 14.5 Å². The maximum absolute atomic E-state index is 13.6. The monoisotopic (exact) mass is 469 g/mol. The standard InChI is InChI=1S/C25H29ClFN5O/c1-15-14-18(10-11-19(15)26)29-21-20(16-6-8-17(27)9-7-16)30-22-25(4,5)32(13-12-31(21)22)23(33)24(2,3)28/h6-11,14,29H,12-13,28H2,1-5H3. The van der Waals surface area contributed by atoms with Gasteiger partial charge in [-0.3, -0.25) is 4.79 Å². The molecule has 0 saturated heterocycles. The molecular formula is C25H29ClFN5O. The van der Waals surface area contributed by atoms with E-state index in [1.807, 2.05) is 39.0 Å². The molecule has 0 unspecified atom stereocenters. The van der Waals surface area contributed by atoms with Crippen LogP contribution in [0.15, 0.2) is 42.5 Å². The molecule has 6 nitrogen and oxygen atoms in total. The summed E-state index contributed by atoms with van der Waals surface area (Å²) < 4.78 is 15.7. The van der Waals surface area contributed by atoms with E-state index in [-0.39, 0.29) is 11.7 Å². The van der Waals surface area contributed by atoms with Gasteiger partial charge in [-0.05, 0) is 82.6 Å². The molecule has 1 aromatic heterocycles. The number of hydrogen-bond acceptors (Lipinski definition) is 4. The van der Waals surface area contributed by atoms with Crippen LogP contribution in [0.25, 0.3) is 11.3 Å². The van der Waals surface area contributed by atoms with Gasteiger partial charge < -0.3 is 20.5 Å². The lowest BCUT2D eigenvalue weighted by atomic mass is 9.94. The number of nitrogens with one attached hydrogen (secondary N) is 1. The number of fused-ring (bicyclic) bond motifs is 1. The first-order valence-corrected chi connectivity index (χ1v) is 11.3. The van der Waals surface area contributed by atoms with Crippen molar-refractivity contribution in [2.45, 2.75) is 52.2 Å². The van der Waals surface area contributed by atoms with Gasteiger partial charge in [0.05, 0.1) is 11.1 Å². The molecule has 33 heavy (non-hydrogen) atoms. The lowest BCUT2D eigenvalue weighted by Crippen LogP contribution is -2.60. The Morgan fingerprint density at radius 1 is 1.18 bits per heavy atom. The number of nitrogens with zero attached hydrogens (tertiary/aromatic N) is 3. The van der Waals surface area contributed by atoms with Crippen molar-refractivity contribution < 1.29 is 9.18 Å². The number of carbonyl (C=O) groups excluding carboxylic acids is 1. The zero-order valence-corrected chi connectivity index (χ0v) is 20.3. The van der Waals surface area contributed by atoms with E-state index < -0.39 is 11.1 Å². The second-order valence-corrected chi connectivity index (χ2v) is 10.0. The smallest absolute Gasteiger partial charge is 0.242 e. The number of carbonyl (C=O) groups is 1. The van der Waals surface area contributed by atoms with Gasteiger partial charge in [0.15, 0.2) is 0 Å². The maximum atomic E-state index is 13.6. The molecular weight excluding hydrogens is 441 g/mol. The third-order valence-electron chi connectivity index (χ3n) is 6.07. The molecule has 1 aliphatic heterocycles. The predicted octanol–water partition coefficient (Wildman–Crippen LogP) is 5.21. The molecule has 0 atom stereocenters. The van der Waals surface area contributed by atoms with Crippen molar-refractivity contribution in [3.63, 3.8) is 0 Å². The average Bonchev–Trinajstić information content (AvgIpc) is 3.10.